The highest BCUT2D eigenvalue weighted by molar-refractivity contribution is 7.98. The first kappa shape index (κ1) is 19.0. The monoisotopic (exact) mass is 402 g/mol. The van der Waals surface area contributed by atoms with Gasteiger partial charge in [0.05, 0.1) is 0 Å². The normalized spacial score (nSPS) is 10.4. The van der Waals surface area contributed by atoms with Gasteiger partial charge in [-0.25, -0.2) is 4.39 Å². The molecule has 3 aromatic rings. The molecule has 2 amide bonds. The van der Waals surface area contributed by atoms with Crippen LogP contribution in [0.3, 0.4) is 0 Å². The van der Waals surface area contributed by atoms with Gasteiger partial charge in [0.2, 0.25) is 10.0 Å². The summed E-state index contributed by atoms with van der Waals surface area (Å²) in [6, 6.07) is 13.2. The molecule has 0 fully saturated rings. The zero-order chi connectivity index (χ0) is 19.2. The van der Waals surface area contributed by atoms with Crippen molar-refractivity contribution < 1.29 is 14.0 Å². The number of anilines is 1. The minimum atomic E-state index is -0.509. The van der Waals surface area contributed by atoms with Crippen LogP contribution in [-0.4, -0.2) is 28.3 Å². The van der Waals surface area contributed by atoms with Gasteiger partial charge >= 0.3 is 0 Å². The van der Waals surface area contributed by atoms with E-state index in [0.29, 0.717) is 12.2 Å². The Bertz CT molecular complexity index is 943. The molecule has 0 radical (unpaired) electrons. The van der Waals surface area contributed by atoms with Crippen LogP contribution in [0.4, 0.5) is 10.1 Å². The van der Waals surface area contributed by atoms with Crippen molar-refractivity contribution in [2.24, 2.45) is 0 Å². The van der Waals surface area contributed by atoms with Crippen molar-refractivity contribution in [3.8, 4) is 0 Å². The zero-order valence-electron chi connectivity index (χ0n) is 14.2. The summed E-state index contributed by atoms with van der Waals surface area (Å²) in [6.45, 7) is 0.351. The number of thioether (sulfide) groups is 1. The first-order valence-corrected chi connectivity index (χ1v) is 9.91. The minimum Gasteiger partial charge on any atom is -0.346 e. The largest absolute Gasteiger partial charge is 0.346 e. The Morgan fingerprint density at radius 1 is 1.00 bits per heavy atom. The standard InChI is InChI=1S/C18H15FN4O2S2/c1-26-14-8-2-11(3-9-14)10-20-15(24)17-22-23-18(27-17)16(25)21-13-6-4-12(19)5-7-13/h2-9H,10H2,1H3,(H,20,24)(H,21,25). The third-order valence-corrected chi connectivity index (χ3v) is 5.19. The van der Waals surface area contributed by atoms with E-state index in [2.05, 4.69) is 20.8 Å². The Morgan fingerprint density at radius 3 is 2.26 bits per heavy atom. The fraction of sp³-hybridized carbons (Fsp3) is 0.111. The van der Waals surface area contributed by atoms with Crippen LogP contribution in [0.5, 0.6) is 0 Å². The third kappa shape index (κ3) is 5.11. The first-order chi connectivity index (χ1) is 13.0. The Kier molecular flexibility index (Phi) is 6.15. The zero-order valence-corrected chi connectivity index (χ0v) is 15.9. The second-order valence-corrected chi connectivity index (χ2v) is 7.26. The first-order valence-electron chi connectivity index (χ1n) is 7.86. The van der Waals surface area contributed by atoms with Gasteiger partial charge in [-0.3, -0.25) is 9.59 Å². The Balaban J connectivity index is 1.57. The van der Waals surface area contributed by atoms with Gasteiger partial charge in [-0.2, -0.15) is 0 Å². The van der Waals surface area contributed by atoms with Crippen LogP contribution in [0.1, 0.15) is 25.2 Å². The van der Waals surface area contributed by atoms with Crippen molar-refractivity contribution >= 4 is 40.6 Å². The third-order valence-electron chi connectivity index (χ3n) is 3.53. The van der Waals surface area contributed by atoms with Gasteiger partial charge in [0.25, 0.3) is 11.8 Å². The number of aromatic nitrogens is 2. The number of carbonyl (C=O) groups is 2. The number of hydrogen-bond donors (Lipinski definition) is 2. The van der Waals surface area contributed by atoms with E-state index in [1.54, 1.807) is 11.8 Å². The van der Waals surface area contributed by atoms with Crippen molar-refractivity contribution in [2.45, 2.75) is 11.4 Å². The van der Waals surface area contributed by atoms with Gasteiger partial charge in [0, 0.05) is 17.1 Å². The maximum atomic E-state index is 12.9. The molecular weight excluding hydrogens is 387 g/mol. The number of halogens is 1. The van der Waals surface area contributed by atoms with Crippen LogP contribution in [-0.2, 0) is 6.54 Å². The van der Waals surface area contributed by atoms with Crippen LogP contribution in [0, 0.1) is 5.82 Å². The molecule has 27 heavy (non-hydrogen) atoms. The van der Waals surface area contributed by atoms with E-state index in [-0.39, 0.29) is 10.0 Å². The Labute approximate surface area is 163 Å². The highest BCUT2D eigenvalue weighted by Gasteiger charge is 2.17. The van der Waals surface area contributed by atoms with Gasteiger partial charge in [-0.05, 0) is 48.2 Å². The van der Waals surface area contributed by atoms with Gasteiger partial charge in [0.15, 0.2) is 0 Å². The van der Waals surface area contributed by atoms with Gasteiger partial charge in [-0.1, -0.05) is 23.5 Å². The lowest BCUT2D eigenvalue weighted by Crippen LogP contribution is -2.22. The van der Waals surface area contributed by atoms with Crippen molar-refractivity contribution in [3.05, 3.63) is 69.9 Å². The van der Waals surface area contributed by atoms with Gasteiger partial charge < -0.3 is 10.6 Å². The summed E-state index contributed by atoms with van der Waals surface area (Å²) >= 11 is 2.53. The average Bonchev–Trinajstić information content (AvgIpc) is 3.19. The summed E-state index contributed by atoms with van der Waals surface area (Å²) in [5, 5.41) is 13.0. The van der Waals surface area contributed by atoms with Crippen molar-refractivity contribution in [3.63, 3.8) is 0 Å². The van der Waals surface area contributed by atoms with E-state index in [0.717, 1.165) is 21.8 Å². The number of benzene rings is 2. The summed E-state index contributed by atoms with van der Waals surface area (Å²) in [5.41, 5.74) is 1.39. The van der Waals surface area contributed by atoms with E-state index in [1.165, 1.54) is 24.3 Å². The molecule has 0 saturated heterocycles. The molecule has 0 atom stereocenters. The van der Waals surface area contributed by atoms with E-state index >= 15 is 0 Å². The molecule has 0 spiro atoms. The summed E-state index contributed by atoms with van der Waals surface area (Å²) < 4.78 is 12.9. The molecule has 2 aromatic carbocycles. The van der Waals surface area contributed by atoms with Crippen molar-refractivity contribution in [2.75, 3.05) is 11.6 Å². The number of carbonyl (C=O) groups excluding carboxylic acids is 2. The van der Waals surface area contributed by atoms with E-state index in [1.807, 2.05) is 30.5 Å². The lowest BCUT2D eigenvalue weighted by molar-refractivity contribution is 0.0948. The molecule has 0 saturated carbocycles. The van der Waals surface area contributed by atoms with Crippen molar-refractivity contribution in [1.82, 2.24) is 15.5 Å². The van der Waals surface area contributed by atoms with Crippen LogP contribution in [0.2, 0.25) is 0 Å². The molecule has 1 heterocycles. The van der Waals surface area contributed by atoms with Gasteiger partial charge in [0.1, 0.15) is 5.82 Å². The van der Waals surface area contributed by atoms with E-state index in [4.69, 9.17) is 0 Å². The average molecular weight is 402 g/mol. The van der Waals surface area contributed by atoms with Gasteiger partial charge in [-0.15, -0.1) is 22.0 Å². The smallest absolute Gasteiger partial charge is 0.286 e. The highest BCUT2D eigenvalue weighted by Crippen LogP contribution is 2.16. The quantitative estimate of drug-likeness (QED) is 0.616. The number of nitrogens with zero attached hydrogens (tertiary/aromatic N) is 2. The molecule has 2 N–H and O–H groups in total. The van der Waals surface area contributed by atoms with Crippen LogP contribution < -0.4 is 10.6 Å². The van der Waals surface area contributed by atoms with Crippen LogP contribution in [0.25, 0.3) is 0 Å². The molecule has 0 aliphatic carbocycles. The SMILES string of the molecule is CSc1ccc(CNC(=O)c2nnc(C(=O)Nc3ccc(F)cc3)s2)cc1. The summed E-state index contributed by atoms with van der Waals surface area (Å²) in [4.78, 5) is 25.5. The molecule has 3 rings (SSSR count). The fourth-order valence-electron chi connectivity index (χ4n) is 2.13. The summed E-state index contributed by atoms with van der Waals surface area (Å²) in [6.07, 6.45) is 2.00. The number of hydrogen-bond acceptors (Lipinski definition) is 6. The molecule has 0 aliphatic rings. The number of rotatable bonds is 6. The van der Waals surface area contributed by atoms with Crippen LogP contribution in [0.15, 0.2) is 53.4 Å². The summed E-state index contributed by atoms with van der Waals surface area (Å²) in [5.74, 6) is -1.31. The lowest BCUT2D eigenvalue weighted by Gasteiger charge is -2.04. The van der Waals surface area contributed by atoms with Crippen LogP contribution >= 0.6 is 23.1 Å². The maximum Gasteiger partial charge on any atom is 0.286 e. The Hall–Kier alpha value is -2.78. The second kappa shape index (κ2) is 8.74. The minimum absolute atomic E-state index is 0.0498. The predicted molar refractivity (Wildman–Crippen MR) is 104 cm³/mol. The predicted octanol–water partition coefficient (Wildman–Crippen LogP) is 3.58. The molecular formula is C18H15FN4O2S2. The Morgan fingerprint density at radius 2 is 1.63 bits per heavy atom. The number of amides is 2. The highest BCUT2D eigenvalue weighted by atomic mass is 32.2. The molecule has 138 valence electrons. The number of nitrogens with one attached hydrogen (secondary N) is 2. The summed E-state index contributed by atoms with van der Waals surface area (Å²) in [7, 11) is 0. The molecule has 0 bridgehead atoms. The second-order valence-electron chi connectivity index (χ2n) is 5.40. The molecule has 1 aromatic heterocycles. The lowest BCUT2D eigenvalue weighted by atomic mass is 10.2. The van der Waals surface area contributed by atoms with Crippen molar-refractivity contribution in [1.29, 1.82) is 0 Å². The fourth-order valence-corrected chi connectivity index (χ4v) is 3.19. The maximum absolute atomic E-state index is 12.9. The van der Waals surface area contributed by atoms with E-state index < -0.39 is 17.6 Å². The topological polar surface area (TPSA) is 84.0 Å². The molecule has 0 aliphatic heterocycles. The molecule has 0 unspecified atom stereocenters. The molecule has 6 nitrogen and oxygen atoms in total. The van der Waals surface area contributed by atoms with E-state index in [9.17, 15) is 14.0 Å². The molecule has 9 heteroatoms.